The summed E-state index contributed by atoms with van der Waals surface area (Å²) in [7, 11) is 1.55. The summed E-state index contributed by atoms with van der Waals surface area (Å²) in [4.78, 5) is 0. The van der Waals surface area contributed by atoms with Crippen LogP contribution in [0.5, 0.6) is 5.75 Å². The second-order valence-corrected chi connectivity index (χ2v) is 5.15. The summed E-state index contributed by atoms with van der Waals surface area (Å²) >= 11 is 0. The lowest BCUT2D eigenvalue weighted by atomic mass is 9.81. The molecule has 0 saturated heterocycles. The Morgan fingerprint density at radius 2 is 1.72 bits per heavy atom. The fraction of sp³-hybridized carbons (Fsp3) is 0.600. The SMILES string of the molecule is COc1ccc(F)c(C2(O)CCCCCCC2)c1. The van der Waals surface area contributed by atoms with Gasteiger partial charge in [-0.25, -0.2) is 4.39 Å². The molecule has 18 heavy (non-hydrogen) atoms. The van der Waals surface area contributed by atoms with E-state index in [1.807, 2.05) is 0 Å². The van der Waals surface area contributed by atoms with Crippen LogP contribution in [0.15, 0.2) is 18.2 Å². The van der Waals surface area contributed by atoms with Crippen LogP contribution in [0.3, 0.4) is 0 Å². The minimum absolute atomic E-state index is 0.334. The zero-order chi connectivity index (χ0) is 13.0. The predicted octanol–water partition coefficient (Wildman–Crippen LogP) is 3.77. The molecule has 3 heteroatoms. The molecule has 1 aliphatic carbocycles. The van der Waals surface area contributed by atoms with Crippen LogP contribution < -0.4 is 4.74 Å². The molecule has 1 aromatic carbocycles. The average molecular weight is 252 g/mol. The first-order chi connectivity index (χ1) is 8.65. The molecule has 0 bridgehead atoms. The molecule has 0 atom stereocenters. The maximum atomic E-state index is 14.0. The molecule has 100 valence electrons. The van der Waals surface area contributed by atoms with E-state index < -0.39 is 5.60 Å². The van der Waals surface area contributed by atoms with Crippen LogP contribution in [0.1, 0.15) is 50.5 Å². The fourth-order valence-corrected chi connectivity index (χ4v) is 2.75. The third-order valence-corrected chi connectivity index (χ3v) is 3.86. The first kappa shape index (κ1) is 13.3. The summed E-state index contributed by atoms with van der Waals surface area (Å²) in [5.41, 5.74) is -0.636. The standard InChI is InChI=1S/C15H21FO2/c1-18-12-7-8-14(16)13(11-12)15(17)9-5-3-2-4-6-10-15/h7-8,11,17H,2-6,9-10H2,1H3. The number of aliphatic hydroxyl groups is 1. The van der Waals surface area contributed by atoms with Crippen molar-refractivity contribution in [2.75, 3.05) is 7.11 Å². The van der Waals surface area contributed by atoms with Gasteiger partial charge in [-0.3, -0.25) is 0 Å². The number of ether oxygens (including phenoxy) is 1. The molecule has 2 rings (SSSR count). The van der Waals surface area contributed by atoms with Gasteiger partial charge in [0.15, 0.2) is 0 Å². The van der Waals surface area contributed by atoms with Crippen molar-refractivity contribution in [1.29, 1.82) is 0 Å². The van der Waals surface area contributed by atoms with Crippen LogP contribution in [0, 0.1) is 5.82 Å². The number of hydrogen-bond donors (Lipinski definition) is 1. The Morgan fingerprint density at radius 3 is 2.33 bits per heavy atom. The van der Waals surface area contributed by atoms with Crippen molar-refractivity contribution in [3.63, 3.8) is 0 Å². The quantitative estimate of drug-likeness (QED) is 0.868. The van der Waals surface area contributed by atoms with E-state index in [1.165, 1.54) is 12.5 Å². The van der Waals surface area contributed by atoms with E-state index in [0.717, 1.165) is 25.7 Å². The molecule has 1 saturated carbocycles. The zero-order valence-electron chi connectivity index (χ0n) is 10.9. The Kier molecular flexibility index (Phi) is 4.23. The third-order valence-electron chi connectivity index (χ3n) is 3.86. The molecule has 0 spiro atoms. The van der Waals surface area contributed by atoms with Crippen molar-refractivity contribution in [3.05, 3.63) is 29.6 Å². The van der Waals surface area contributed by atoms with E-state index in [9.17, 15) is 9.50 Å². The minimum atomic E-state index is -1.03. The molecule has 1 N–H and O–H groups in total. The first-order valence-electron chi connectivity index (χ1n) is 6.72. The average Bonchev–Trinajstić information content (AvgIpc) is 2.35. The van der Waals surface area contributed by atoms with Crippen LogP contribution in [-0.2, 0) is 5.60 Å². The molecule has 0 heterocycles. The predicted molar refractivity (Wildman–Crippen MR) is 69.2 cm³/mol. The Bertz CT molecular complexity index is 395. The lowest BCUT2D eigenvalue weighted by Gasteiger charge is -2.31. The highest BCUT2D eigenvalue weighted by atomic mass is 19.1. The maximum absolute atomic E-state index is 14.0. The van der Waals surface area contributed by atoms with Gasteiger partial charge in [0.25, 0.3) is 0 Å². The molecule has 2 nitrogen and oxygen atoms in total. The van der Waals surface area contributed by atoms with Crippen LogP contribution >= 0.6 is 0 Å². The molecule has 0 aromatic heterocycles. The number of methoxy groups -OCH3 is 1. The van der Waals surface area contributed by atoms with Crippen molar-refractivity contribution in [2.45, 2.75) is 50.5 Å². The number of rotatable bonds is 2. The Labute approximate surface area is 108 Å². The van der Waals surface area contributed by atoms with Crippen LogP contribution in [0.2, 0.25) is 0 Å². The second-order valence-electron chi connectivity index (χ2n) is 5.15. The summed E-state index contributed by atoms with van der Waals surface area (Å²) in [6, 6.07) is 4.60. The molecular formula is C15H21FO2. The lowest BCUT2D eigenvalue weighted by molar-refractivity contribution is 0.00619. The highest BCUT2D eigenvalue weighted by Crippen LogP contribution is 2.37. The summed E-state index contributed by atoms with van der Waals surface area (Å²) in [5, 5.41) is 10.8. The summed E-state index contributed by atoms with van der Waals surface area (Å²) < 4.78 is 19.1. The molecule has 1 fully saturated rings. The van der Waals surface area contributed by atoms with E-state index in [0.29, 0.717) is 24.2 Å². The molecule has 1 aliphatic rings. The third kappa shape index (κ3) is 2.83. The highest BCUT2D eigenvalue weighted by Gasteiger charge is 2.32. The maximum Gasteiger partial charge on any atom is 0.129 e. The summed E-state index contributed by atoms with van der Waals surface area (Å²) in [6.07, 6.45) is 6.63. The first-order valence-corrected chi connectivity index (χ1v) is 6.72. The van der Waals surface area contributed by atoms with Crippen LogP contribution in [-0.4, -0.2) is 12.2 Å². The second kappa shape index (κ2) is 5.70. The molecule has 0 unspecified atom stereocenters. The monoisotopic (exact) mass is 252 g/mol. The van der Waals surface area contributed by atoms with Gasteiger partial charge in [0.2, 0.25) is 0 Å². The van der Waals surface area contributed by atoms with Gasteiger partial charge in [-0.05, 0) is 31.0 Å². The van der Waals surface area contributed by atoms with E-state index >= 15 is 0 Å². The molecular weight excluding hydrogens is 231 g/mol. The van der Waals surface area contributed by atoms with E-state index in [2.05, 4.69) is 0 Å². The van der Waals surface area contributed by atoms with Gasteiger partial charge in [0.1, 0.15) is 11.6 Å². The molecule has 1 aromatic rings. The zero-order valence-corrected chi connectivity index (χ0v) is 10.9. The van der Waals surface area contributed by atoms with E-state index in [-0.39, 0.29) is 5.82 Å². The smallest absolute Gasteiger partial charge is 0.129 e. The van der Waals surface area contributed by atoms with Crippen molar-refractivity contribution in [1.82, 2.24) is 0 Å². The van der Waals surface area contributed by atoms with Gasteiger partial charge in [0.05, 0.1) is 12.7 Å². The van der Waals surface area contributed by atoms with Crippen molar-refractivity contribution < 1.29 is 14.2 Å². The highest BCUT2D eigenvalue weighted by molar-refractivity contribution is 5.33. The Morgan fingerprint density at radius 1 is 1.11 bits per heavy atom. The van der Waals surface area contributed by atoms with Gasteiger partial charge in [-0.1, -0.05) is 32.1 Å². The topological polar surface area (TPSA) is 29.5 Å². The summed E-state index contributed by atoms with van der Waals surface area (Å²) in [6.45, 7) is 0. The Hall–Kier alpha value is -1.09. The number of hydrogen-bond acceptors (Lipinski definition) is 2. The molecule has 0 amide bonds. The Balaban J connectivity index is 2.31. The van der Waals surface area contributed by atoms with Crippen molar-refractivity contribution in [3.8, 4) is 5.75 Å². The number of halogens is 1. The number of benzene rings is 1. The van der Waals surface area contributed by atoms with Gasteiger partial charge < -0.3 is 9.84 Å². The van der Waals surface area contributed by atoms with E-state index in [1.54, 1.807) is 19.2 Å². The summed E-state index contributed by atoms with van der Waals surface area (Å²) in [5.74, 6) is 0.265. The largest absolute Gasteiger partial charge is 0.497 e. The van der Waals surface area contributed by atoms with Crippen LogP contribution in [0.25, 0.3) is 0 Å². The lowest BCUT2D eigenvalue weighted by Crippen LogP contribution is -2.28. The van der Waals surface area contributed by atoms with Crippen LogP contribution in [0.4, 0.5) is 4.39 Å². The van der Waals surface area contributed by atoms with Crippen molar-refractivity contribution in [2.24, 2.45) is 0 Å². The molecule has 0 aliphatic heterocycles. The van der Waals surface area contributed by atoms with Gasteiger partial charge in [-0.2, -0.15) is 0 Å². The van der Waals surface area contributed by atoms with Gasteiger partial charge in [-0.15, -0.1) is 0 Å². The normalized spacial score (nSPS) is 19.9. The van der Waals surface area contributed by atoms with Gasteiger partial charge in [0, 0.05) is 5.56 Å². The fourth-order valence-electron chi connectivity index (χ4n) is 2.75. The minimum Gasteiger partial charge on any atom is -0.497 e. The molecule has 0 radical (unpaired) electrons. The van der Waals surface area contributed by atoms with E-state index in [4.69, 9.17) is 4.74 Å². The van der Waals surface area contributed by atoms with Crippen molar-refractivity contribution >= 4 is 0 Å². The van der Waals surface area contributed by atoms with Gasteiger partial charge >= 0.3 is 0 Å².